The van der Waals surface area contributed by atoms with Crippen molar-refractivity contribution in [3.05, 3.63) is 59.3 Å². The van der Waals surface area contributed by atoms with E-state index in [0.29, 0.717) is 13.1 Å². The van der Waals surface area contributed by atoms with E-state index in [9.17, 15) is 9.18 Å². The molecule has 1 heterocycles. The Morgan fingerprint density at radius 2 is 1.95 bits per heavy atom. The van der Waals surface area contributed by atoms with Gasteiger partial charge in [0.15, 0.2) is 0 Å². The van der Waals surface area contributed by atoms with Crippen LogP contribution in [-0.4, -0.2) is 24.4 Å². The van der Waals surface area contributed by atoms with Crippen LogP contribution in [0, 0.1) is 12.7 Å². The molecule has 0 atom stereocenters. The third kappa shape index (κ3) is 5.04. The van der Waals surface area contributed by atoms with Crippen molar-refractivity contribution in [3.8, 4) is 0 Å². The highest BCUT2D eigenvalue weighted by molar-refractivity contribution is 5.77. The predicted molar refractivity (Wildman–Crippen MR) is 78.0 cm³/mol. The number of carbonyl (C=O) groups excluding carboxylic acids is 1. The molecule has 1 amide bonds. The normalized spacial score (nSPS) is 10.9. The summed E-state index contributed by atoms with van der Waals surface area (Å²) in [5.74, 6) is 1.34. The number of likely N-dealkylation sites (N-methyl/N-ethyl adjacent to an activating group) is 1. The molecule has 0 aliphatic rings. The van der Waals surface area contributed by atoms with Crippen LogP contribution < -0.4 is 5.32 Å². The summed E-state index contributed by atoms with van der Waals surface area (Å²) in [4.78, 5) is 13.7. The lowest BCUT2D eigenvalue weighted by Crippen LogP contribution is -2.34. The zero-order valence-corrected chi connectivity index (χ0v) is 12.2. The molecule has 2 aromatic rings. The van der Waals surface area contributed by atoms with Crippen LogP contribution in [0.5, 0.6) is 0 Å². The van der Waals surface area contributed by atoms with Crippen molar-refractivity contribution in [3.63, 3.8) is 0 Å². The van der Waals surface area contributed by atoms with E-state index in [1.54, 1.807) is 12.1 Å². The van der Waals surface area contributed by atoms with Crippen molar-refractivity contribution < 1.29 is 13.6 Å². The molecule has 0 aliphatic carbocycles. The molecule has 112 valence electrons. The van der Waals surface area contributed by atoms with Gasteiger partial charge in [0.25, 0.3) is 0 Å². The summed E-state index contributed by atoms with van der Waals surface area (Å²) in [6.45, 7) is 3.14. The van der Waals surface area contributed by atoms with E-state index < -0.39 is 0 Å². The number of hydrogen-bond donors (Lipinski definition) is 1. The van der Waals surface area contributed by atoms with Gasteiger partial charge >= 0.3 is 0 Å². The van der Waals surface area contributed by atoms with Crippen LogP contribution >= 0.6 is 0 Å². The summed E-state index contributed by atoms with van der Waals surface area (Å²) in [5.41, 5.74) is 0.870. The molecule has 0 radical (unpaired) electrons. The lowest BCUT2D eigenvalue weighted by molar-refractivity contribution is -0.122. The second kappa shape index (κ2) is 7.04. The standard InChI is InChI=1S/C16H19FN2O2/c1-12-3-8-15(21-12)10-19(2)11-16(20)18-9-13-4-6-14(17)7-5-13/h3-8H,9-11H2,1-2H3,(H,18,20). The van der Waals surface area contributed by atoms with Crippen molar-refractivity contribution in [2.45, 2.75) is 20.0 Å². The van der Waals surface area contributed by atoms with Gasteiger partial charge in [-0.05, 0) is 43.8 Å². The maximum atomic E-state index is 12.8. The molecule has 5 heteroatoms. The molecule has 0 spiro atoms. The quantitative estimate of drug-likeness (QED) is 0.889. The van der Waals surface area contributed by atoms with Crippen molar-refractivity contribution >= 4 is 5.91 Å². The molecule has 1 aromatic carbocycles. The molecule has 0 unspecified atom stereocenters. The first-order chi connectivity index (χ1) is 10.0. The van der Waals surface area contributed by atoms with E-state index in [4.69, 9.17) is 4.42 Å². The first-order valence-electron chi connectivity index (χ1n) is 6.78. The third-order valence-corrected chi connectivity index (χ3v) is 3.04. The fourth-order valence-corrected chi connectivity index (χ4v) is 2.00. The number of carbonyl (C=O) groups is 1. The number of benzene rings is 1. The first-order valence-corrected chi connectivity index (χ1v) is 6.78. The molecular formula is C16H19FN2O2. The number of furan rings is 1. The zero-order valence-electron chi connectivity index (χ0n) is 12.2. The van der Waals surface area contributed by atoms with Gasteiger partial charge in [0.1, 0.15) is 17.3 Å². The van der Waals surface area contributed by atoms with Crippen LogP contribution in [0.2, 0.25) is 0 Å². The Morgan fingerprint density at radius 3 is 2.57 bits per heavy atom. The van der Waals surface area contributed by atoms with Gasteiger partial charge in [0.2, 0.25) is 5.91 Å². The molecule has 4 nitrogen and oxygen atoms in total. The van der Waals surface area contributed by atoms with Crippen LogP contribution in [0.25, 0.3) is 0 Å². The summed E-state index contributed by atoms with van der Waals surface area (Å²) in [7, 11) is 1.86. The third-order valence-electron chi connectivity index (χ3n) is 3.04. The van der Waals surface area contributed by atoms with Gasteiger partial charge in [-0.15, -0.1) is 0 Å². The maximum Gasteiger partial charge on any atom is 0.234 e. The van der Waals surface area contributed by atoms with E-state index in [-0.39, 0.29) is 18.3 Å². The molecule has 0 saturated carbocycles. The Balaban J connectivity index is 1.74. The minimum absolute atomic E-state index is 0.0786. The molecule has 0 fully saturated rings. The van der Waals surface area contributed by atoms with Crippen LogP contribution in [0.15, 0.2) is 40.8 Å². The van der Waals surface area contributed by atoms with Gasteiger partial charge in [-0.1, -0.05) is 12.1 Å². The van der Waals surface area contributed by atoms with E-state index in [2.05, 4.69) is 5.32 Å². The van der Waals surface area contributed by atoms with Crippen molar-refractivity contribution in [2.75, 3.05) is 13.6 Å². The summed E-state index contributed by atoms with van der Waals surface area (Å²) in [6, 6.07) is 9.88. The fraction of sp³-hybridized carbons (Fsp3) is 0.312. The zero-order chi connectivity index (χ0) is 15.2. The number of hydrogen-bond acceptors (Lipinski definition) is 3. The second-order valence-corrected chi connectivity index (χ2v) is 5.09. The molecule has 2 rings (SSSR count). The molecule has 0 saturated heterocycles. The van der Waals surface area contributed by atoms with Crippen LogP contribution in [0.3, 0.4) is 0 Å². The van der Waals surface area contributed by atoms with Crippen molar-refractivity contribution in [1.29, 1.82) is 0 Å². The highest BCUT2D eigenvalue weighted by Crippen LogP contribution is 2.08. The summed E-state index contributed by atoms with van der Waals surface area (Å²) in [5, 5.41) is 2.81. The fourth-order valence-electron chi connectivity index (χ4n) is 2.00. The minimum atomic E-state index is -0.279. The van der Waals surface area contributed by atoms with E-state index in [1.165, 1.54) is 12.1 Å². The van der Waals surface area contributed by atoms with Gasteiger partial charge in [-0.3, -0.25) is 9.69 Å². The van der Waals surface area contributed by atoms with E-state index in [1.807, 2.05) is 31.0 Å². The molecule has 1 N–H and O–H groups in total. The smallest absolute Gasteiger partial charge is 0.234 e. The number of nitrogens with one attached hydrogen (secondary N) is 1. The number of rotatable bonds is 6. The highest BCUT2D eigenvalue weighted by Gasteiger charge is 2.09. The summed E-state index contributed by atoms with van der Waals surface area (Å²) >= 11 is 0. The SMILES string of the molecule is Cc1ccc(CN(C)CC(=O)NCc2ccc(F)cc2)o1. The van der Waals surface area contributed by atoms with Gasteiger partial charge in [-0.2, -0.15) is 0 Å². The first kappa shape index (κ1) is 15.3. The minimum Gasteiger partial charge on any atom is -0.465 e. The monoisotopic (exact) mass is 290 g/mol. The van der Waals surface area contributed by atoms with Crippen LogP contribution in [0.1, 0.15) is 17.1 Å². The van der Waals surface area contributed by atoms with Crippen molar-refractivity contribution in [2.24, 2.45) is 0 Å². The Kier molecular flexibility index (Phi) is 5.11. The van der Waals surface area contributed by atoms with Crippen molar-refractivity contribution in [1.82, 2.24) is 10.2 Å². The van der Waals surface area contributed by atoms with Gasteiger partial charge in [-0.25, -0.2) is 4.39 Å². The number of nitrogens with zero attached hydrogens (tertiary/aromatic N) is 1. The largest absolute Gasteiger partial charge is 0.465 e. The van der Waals surface area contributed by atoms with Gasteiger partial charge in [0.05, 0.1) is 13.1 Å². The Hall–Kier alpha value is -2.14. The van der Waals surface area contributed by atoms with Crippen LogP contribution in [0.4, 0.5) is 4.39 Å². The molecule has 0 bridgehead atoms. The van der Waals surface area contributed by atoms with Gasteiger partial charge in [0, 0.05) is 6.54 Å². The van der Waals surface area contributed by atoms with Crippen LogP contribution in [-0.2, 0) is 17.9 Å². The molecule has 21 heavy (non-hydrogen) atoms. The summed E-state index contributed by atoms with van der Waals surface area (Å²) in [6.07, 6.45) is 0. The molecule has 0 aliphatic heterocycles. The second-order valence-electron chi connectivity index (χ2n) is 5.09. The summed E-state index contributed by atoms with van der Waals surface area (Å²) < 4.78 is 18.2. The Bertz CT molecular complexity index is 593. The average Bonchev–Trinajstić information content (AvgIpc) is 2.83. The number of amides is 1. The van der Waals surface area contributed by atoms with E-state index >= 15 is 0 Å². The molecular weight excluding hydrogens is 271 g/mol. The topological polar surface area (TPSA) is 45.5 Å². The predicted octanol–water partition coefficient (Wildman–Crippen LogP) is 2.48. The average molecular weight is 290 g/mol. The van der Waals surface area contributed by atoms with Gasteiger partial charge < -0.3 is 9.73 Å². The number of aryl methyl sites for hydroxylation is 1. The highest BCUT2D eigenvalue weighted by atomic mass is 19.1. The number of halogens is 1. The Morgan fingerprint density at radius 1 is 1.24 bits per heavy atom. The maximum absolute atomic E-state index is 12.8. The van der Waals surface area contributed by atoms with E-state index in [0.717, 1.165) is 17.1 Å². The lowest BCUT2D eigenvalue weighted by atomic mass is 10.2. The molecule has 1 aromatic heterocycles. The Labute approximate surface area is 123 Å². The lowest BCUT2D eigenvalue weighted by Gasteiger charge is -2.14.